The second-order valence-electron chi connectivity index (χ2n) is 5.23. The van der Waals surface area contributed by atoms with Gasteiger partial charge in [0.1, 0.15) is 8.96 Å². The van der Waals surface area contributed by atoms with Gasteiger partial charge in [0.15, 0.2) is 0 Å². The lowest BCUT2D eigenvalue weighted by Gasteiger charge is -2.37. The van der Waals surface area contributed by atoms with Gasteiger partial charge in [-0.3, -0.25) is 0 Å². The van der Waals surface area contributed by atoms with Gasteiger partial charge in [-0.25, -0.2) is 0 Å². The standard InChI is InChI=1S/C12H24NSi/c1-14(2)13(11-7-3-4-8-11)12-9-5-6-10-12/h11-12H,3-10H2,1-2H3. The van der Waals surface area contributed by atoms with Crippen LogP contribution in [0.1, 0.15) is 51.4 Å². The summed E-state index contributed by atoms with van der Waals surface area (Å²) in [7, 11) is -0.206. The van der Waals surface area contributed by atoms with Crippen molar-refractivity contribution in [2.45, 2.75) is 76.5 Å². The van der Waals surface area contributed by atoms with Crippen molar-refractivity contribution < 1.29 is 0 Å². The second-order valence-corrected chi connectivity index (χ2v) is 7.64. The maximum Gasteiger partial charge on any atom is 0.130 e. The Morgan fingerprint density at radius 3 is 1.43 bits per heavy atom. The van der Waals surface area contributed by atoms with Gasteiger partial charge in [-0.15, -0.1) is 0 Å². The van der Waals surface area contributed by atoms with Crippen molar-refractivity contribution >= 4 is 8.96 Å². The van der Waals surface area contributed by atoms with Gasteiger partial charge in [0.25, 0.3) is 0 Å². The van der Waals surface area contributed by atoms with Crippen LogP contribution in [-0.2, 0) is 0 Å². The molecule has 2 saturated carbocycles. The Labute approximate surface area is 90.6 Å². The highest BCUT2D eigenvalue weighted by Gasteiger charge is 2.32. The molecule has 1 radical (unpaired) electrons. The molecule has 0 aromatic carbocycles. The zero-order valence-electron chi connectivity index (χ0n) is 9.76. The van der Waals surface area contributed by atoms with Crippen molar-refractivity contribution in [2.75, 3.05) is 0 Å². The van der Waals surface area contributed by atoms with Crippen molar-refractivity contribution in [3.05, 3.63) is 0 Å². The number of hydrogen-bond donors (Lipinski definition) is 0. The highest BCUT2D eigenvalue weighted by Crippen LogP contribution is 2.32. The van der Waals surface area contributed by atoms with Crippen molar-refractivity contribution in [1.82, 2.24) is 4.57 Å². The molecule has 2 rings (SSSR count). The Morgan fingerprint density at radius 2 is 1.14 bits per heavy atom. The lowest BCUT2D eigenvalue weighted by Crippen LogP contribution is -2.47. The van der Waals surface area contributed by atoms with E-state index in [0.29, 0.717) is 0 Å². The quantitative estimate of drug-likeness (QED) is 0.645. The molecule has 0 bridgehead atoms. The van der Waals surface area contributed by atoms with E-state index in [1.165, 1.54) is 51.4 Å². The molecule has 0 aliphatic heterocycles. The van der Waals surface area contributed by atoms with Crippen LogP contribution in [0.25, 0.3) is 0 Å². The molecule has 0 saturated heterocycles. The molecule has 0 N–H and O–H groups in total. The summed E-state index contributed by atoms with van der Waals surface area (Å²) in [5, 5.41) is 0. The third-order valence-corrected chi connectivity index (χ3v) is 5.72. The van der Waals surface area contributed by atoms with Crippen LogP contribution in [0, 0.1) is 0 Å². The largest absolute Gasteiger partial charge is 0.319 e. The van der Waals surface area contributed by atoms with Crippen LogP contribution in [0.5, 0.6) is 0 Å². The molecule has 2 aliphatic rings. The Hall–Kier alpha value is 0.177. The minimum Gasteiger partial charge on any atom is -0.319 e. The number of nitrogens with zero attached hydrogens (tertiary/aromatic N) is 1. The summed E-state index contributed by atoms with van der Waals surface area (Å²) in [6.45, 7) is 4.97. The first-order valence-electron chi connectivity index (χ1n) is 6.37. The minimum atomic E-state index is -0.206. The molecule has 2 heteroatoms. The number of hydrogen-bond acceptors (Lipinski definition) is 1. The van der Waals surface area contributed by atoms with Crippen LogP contribution in [0.2, 0.25) is 13.1 Å². The topological polar surface area (TPSA) is 3.24 Å². The van der Waals surface area contributed by atoms with Gasteiger partial charge in [-0.1, -0.05) is 38.8 Å². The first-order chi connectivity index (χ1) is 6.79. The van der Waals surface area contributed by atoms with E-state index in [0.717, 1.165) is 12.1 Å². The van der Waals surface area contributed by atoms with Gasteiger partial charge in [0.2, 0.25) is 0 Å². The van der Waals surface area contributed by atoms with Crippen molar-refractivity contribution in [3.8, 4) is 0 Å². The second kappa shape index (κ2) is 4.80. The van der Waals surface area contributed by atoms with E-state index in [9.17, 15) is 0 Å². The van der Waals surface area contributed by atoms with E-state index >= 15 is 0 Å². The monoisotopic (exact) mass is 210 g/mol. The van der Waals surface area contributed by atoms with E-state index < -0.39 is 0 Å². The van der Waals surface area contributed by atoms with Gasteiger partial charge in [-0.05, 0) is 25.7 Å². The van der Waals surface area contributed by atoms with Gasteiger partial charge >= 0.3 is 0 Å². The molecule has 0 unspecified atom stereocenters. The summed E-state index contributed by atoms with van der Waals surface area (Å²) in [5.41, 5.74) is 0. The average Bonchev–Trinajstić information content (AvgIpc) is 2.75. The van der Waals surface area contributed by atoms with E-state index in [4.69, 9.17) is 0 Å². The smallest absolute Gasteiger partial charge is 0.130 e. The summed E-state index contributed by atoms with van der Waals surface area (Å²) in [6.07, 6.45) is 11.9. The van der Waals surface area contributed by atoms with Crippen molar-refractivity contribution in [1.29, 1.82) is 0 Å². The van der Waals surface area contributed by atoms with Crippen molar-refractivity contribution in [2.24, 2.45) is 0 Å². The number of rotatable bonds is 3. The minimum absolute atomic E-state index is 0.206. The van der Waals surface area contributed by atoms with Gasteiger partial charge in [-0.2, -0.15) is 0 Å². The Morgan fingerprint density at radius 1 is 0.786 bits per heavy atom. The van der Waals surface area contributed by atoms with E-state index in [2.05, 4.69) is 17.7 Å². The molecule has 0 heterocycles. The molecule has 0 atom stereocenters. The van der Waals surface area contributed by atoms with Crippen LogP contribution in [-0.4, -0.2) is 25.6 Å². The fourth-order valence-electron chi connectivity index (χ4n) is 3.39. The van der Waals surface area contributed by atoms with Crippen LogP contribution in [0.4, 0.5) is 0 Å². The van der Waals surface area contributed by atoms with E-state index in [-0.39, 0.29) is 8.96 Å². The molecular formula is C12H24NSi. The fraction of sp³-hybridized carbons (Fsp3) is 1.00. The molecule has 81 valence electrons. The molecular weight excluding hydrogens is 186 g/mol. The summed E-state index contributed by atoms with van der Waals surface area (Å²) in [6, 6.07) is 1.95. The average molecular weight is 210 g/mol. The highest BCUT2D eigenvalue weighted by atomic mass is 28.3. The Kier molecular flexibility index (Phi) is 3.66. The molecule has 0 spiro atoms. The molecule has 0 amide bonds. The predicted octanol–water partition coefficient (Wildman–Crippen LogP) is 3.42. The lowest BCUT2D eigenvalue weighted by atomic mass is 10.2. The highest BCUT2D eigenvalue weighted by molar-refractivity contribution is 6.52. The summed E-state index contributed by atoms with van der Waals surface area (Å²) in [4.78, 5) is 0. The van der Waals surface area contributed by atoms with E-state index in [1.807, 2.05) is 0 Å². The molecule has 0 aromatic heterocycles. The van der Waals surface area contributed by atoms with Gasteiger partial charge in [0, 0.05) is 12.1 Å². The van der Waals surface area contributed by atoms with Gasteiger partial charge in [0.05, 0.1) is 0 Å². The van der Waals surface area contributed by atoms with Crippen LogP contribution < -0.4 is 0 Å². The Balaban J connectivity index is 1.98. The summed E-state index contributed by atoms with van der Waals surface area (Å²) >= 11 is 0. The van der Waals surface area contributed by atoms with Crippen molar-refractivity contribution in [3.63, 3.8) is 0 Å². The first kappa shape index (κ1) is 10.7. The van der Waals surface area contributed by atoms with Gasteiger partial charge < -0.3 is 4.57 Å². The molecule has 2 aliphatic carbocycles. The SMILES string of the molecule is C[Si](C)N(C1CCCC1)C1CCCC1. The predicted molar refractivity (Wildman–Crippen MR) is 63.8 cm³/mol. The third-order valence-electron chi connectivity index (χ3n) is 3.95. The fourth-order valence-corrected chi connectivity index (χ4v) is 5.37. The van der Waals surface area contributed by atoms with E-state index in [1.54, 1.807) is 0 Å². The maximum absolute atomic E-state index is 2.95. The first-order valence-corrected chi connectivity index (χ1v) is 8.82. The third kappa shape index (κ3) is 2.22. The molecule has 0 aromatic rings. The summed E-state index contributed by atoms with van der Waals surface area (Å²) in [5.74, 6) is 0. The molecule has 2 fully saturated rings. The molecule has 14 heavy (non-hydrogen) atoms. The Bertz CT molecular complexity index is 153. The zero-order chi connectivity index (χ0) is 9.97. The zero-order valence-corrected chi connectivity index (χ0v) is 10.8. The van der Waals surface area contributed by atoms with Crippen LogP contribution in [0.3, 0.4) is 0 Å². The molecule has 1 nitrogen and oxygen atoms in total. The van der Waals surface area contributed by atoms with Crippen LogP contribution >= 0.6 is 0 Å². The lowest BCUT2D eigenvalue weighted by molar-refractivity contribution is 0.251. The maximum atomic E-state index is 2.95. The van der Waals surface area contributed by atoms with Crippen LogP contribution in [0.15, 0.2) is 0 Å². The normalized spacial score (nSPS) is 25.7. The summed E-state index contributed by atoms with van der Waals surface area (Å²) < 4.78 is 2.95.